The highest BCUT2D eigenvalue weighted by Gasteiger charge is 2.28. The van der Waals surface area contributed by atoms with Crippen LogP contribution in [0.4, 0.5) is 10.1 Å². The molecule has 0 aliphatic carbocycles. The number of nitrogens with zero attached hydrogens (tertiary/aromatic N) is 1. The summed E-state index contributed by atoms with van der Waals surface area (Å²) in [6.07, 6.45) is 3.69. The molecule has 1 aliphatic rings. The zero-order valence-corrected chi connectivity index (χ0v) is 17.7. The third kappa shape index (κ3) is 4.15. The number of hydrogen-bond donors (Lipinski definition) is 2. The molecule has 3 aromatic rings. The first-order chi connectivity index (χ1) is 14.3. The van der Waals surface area contributed by atoms with E-state index in [9.17, 15) is 17.6 Å². The topological polar surface area (TPSA) is 82.3 Å². The minimum Gasteiger partial charge on any atom is -0.361 e. The first-order valence-electron chi connectivity index (χ1n) is 9.69. The monoisotopic (exact) mass is 449 g/mol. The van der Waals surface area contributed by atoms with E-state index in [0.717, 1.165) is 22.9 Å². The SMILES string of the molecule is O=C(NCCc1c[nH]c2ccc(F)cc12)c1ccc(Cl)c(N2CCCCS2(=O)=O)c1. The molecular weight excluding hydrogens is 429 g/mol. The van der Waals surface area contributed by atoms with Crippen LogP contribution in [0.5, 0.6) is 0 Å². The van der Waals surface area contributed by atoms with Crippen LogP contribution in [0.3, 0.4) is 0 Å². The Labute approximate surface area is 179 Å². The number of anilines is 1. The van der Waals surface area contributed by atoms with Crippen LogP contribution in [0.25, 0.3) is 10.9 Å². The van der Waals surface area contributed by atoms with Crippen LogP contribution in [0.15, 0.2) is 42.6 Å². The molecule has 1 aliphatic heterocycles. The predicted molar refractivity (Wildman–Crippen MR) is 116 cm³/mol. The Bertz CT molecular complexity index is 1210. The molecule has 9 heteroatoms. The minimum absolute atomic E-state index is 0.0744. The van der Waals surface area contributed by atoms with Crippen molar-refractivity contribution in [2.45, 2.75) is 19.3 Å². The molecular formula is C21H21ClFN3O3S. The Kier molecular flexibility index (Phi) is 5.71. The van der Waals surface area contributed by atoms with Crippen LogP contribution in [-0.2, 0) is 16.4 Å². The van der Waals surface area contributed by atoms with Crippen molar-refractivity contribution < 1.29 is 17.6 Å². The van der Waals surface area contributed by atoms with Crippen molar-refractivity contribution in [3.63, 3.8) is 0 Å². The van der Waals surface area contributed by atoms with Gasteiger partial charge in [-0.3, -0.25) is 9.10 Å². The molecule has 4 rings (SSSR count). The fourth-order valence-corrected chi connectivity index (χ4v) is 5.59. The molecule has 0 atom stereocenters. The molecule has 0 bridgehead atoms. The molecule has 158 valence electrons. The van der Waals surface area contributed by atoms with Gasteiger partial charge in [-0.05, 0) is 61.2 Å². The Hall–Kier alpha value is -2.58. The van der Waals surface area contributed by atoms with Crippen molar-refractivity contribution in [3.05, 3.63) is 64.6 Å². The molecule has 0 spiro atoms. The number of benzene rings is 2. The maximum absolute atomic E-state index is 13.5. The van der Waals surface area contributed by atoms with E-state index in [1.807, 2.05) is 0 Å². The summed E-state index contributed by atoms with van der Waals surface area (Å²) in [4.78, 5) is 15.7. The van der Waals surface area contributed by atoms with Gasteiger partial charge in [0.2, 0.25) is 10.0 Å². The molecule has 2 N–H and O–H groups in total. The molecule has 1 aromatic heterocycles. The van der Waals surface area contributed by atoms with E-state index in [4.69, 9.17) is 11.6 Å². The average Bonchev–Trinajstić information content (AvgIpc) is 3.10. The van der Waals surface area contributed by atoms with Crippen LogP contribution in [0, 0.1) is 5.82 Å². The Morgan fingerprint density at radius 3 is 2.83 bits per heavy atom. The fraction of sp³-hybridized carbons (Fsp3) is 0.286. The van der Waals surface area contributed by atoms with E-state index in [2.05, 4.69) is 10.3 Å². The number of aromatic amines is 1. The van der Waals surface area contributed by atoms with Crippen molar-refractivity contribution in [1.29, 1.82) is 0 Å². The number of halogens is 2. The quantitative estimate of drug-likeness (QED) is 0.620. The van der Waals surface area contributed by atoms with E-state index in [-0.39, 0.29) is 22.5 Å². The second-order valence-corrected chi connectivity index (χ2v) is 9.69. The average molecular weight is 450 g/mol. The number of carbonyl (C=O) groups excluding carboxylic acids is 1. The Morgan fingerprint density at radius 2 is 2.03 bits per heavy atom. The van der Waals surface area contributed by atoms with Gasteiger partial charge in [-0.2, -0.15) is 0 Å². The van der Waals surface area contributed by atoms with E-state index in [1.54, 1.807) is 24.4 Å². The number of H-pyrrole nitrogens is 1. The molecule has 1 fully saturated rings. The summed E-state index contributed by atoms with van der Waals surface area (Å²) in [5.41, 5.74) is 2.40. The summed E-state index contributed by atoms with van der Waals surface area (Å²) in [7, 11) is -3.43. The summed E-state index contributed by atoms with van der Waals surface area (Å²) in [5.74, 6) is -0.563. The molecule has 2 aromatic carbocycles. The van der Waals surface area contributed by atoms with Crippen LogP contribution in [-0.4, -0.2) is 38.2 Å². The van der Waals surface area contributed by atoms with Crippen molar-refractivity contribution in [2.75, 3.05) is 23.1 Å². The molecule has 0 radical (unpaired) electrons. The summed E-state index contributed by atoms with van der Waals surface area (Å²) in [5, 5.41) is 3.90. The highest BCUT2D eigenvalue weighted by molar-refractivity contribution is 7.92. The minimum atomic E-state index is -3.43. The first-order valence-corrected chi connectivity index (χ1v) is 11.7. The number of carbonyl (C=O) groups is 1. The van der Waals surface area contributed by atoms with E-state index in [1.165, 1.54) is 22.5 Å². The lowest BCUT2D eigenvalue weighted by atomic mass is 10.1. The number of fused-ring (bicyclic) bond motifs is 1. The van der Waals surface area contributed by atoms with Crippen molar-refractivity contribution in [2.24, 2.45) is 0 Å². The van der Waals surface area contributed by atoms with Crippen LogP contribution >= 0.6 is 11.6 Å². The molecule has 0 saturated carbocycles. The Morgan fingerprint density at radius 1 is 1.20 bits per heavy atom. The van der Waals surface area contributed by atoms with Gasteiger partial charge >= 0.3 is 0 Å². The van der Waals surface area contributed by atoms with Crippen LogP contribution in [0.1, 0.15) is 28.8 Å². The Balaban J connectivity index is 1.46. The van der Waals surface area contributed by atoms with Gasteiger partial charge in [-0.1, -0.05) is 11.6 Å². The largest absolute Gasteiger partial charge is 0.361 e. The summed E-state index contributed by atoms with van der Waals surface area (Å²) >= 11 is 6.23. The van der Waals surface area contributed by atoms with E-state index < -0.39 is 10.0 Å². The summed E-state index contributed by atoms with van der Waals surface area (Å²) < 4.78 is 39.6. The number of aromatic nitrogens is 1. The summed E-state index contributed by atoms with van der Waals surface area (Å²) in [6.45, 7) is 0.701. The molecule has 30 heavy (non-hydrogen) atoms. The van der Waals surface area contributed by atoms with Crippen molar-refractivity contribution in [3.8, 4) is 0 Å². The lowest BCUT2D eigenvalue weighted by Gasteiger charge is -2.29. The van der Waals surface area contributed by atoms with E-state index >= 15 is 0 Å². The fourth-order valence-electron chi connectivity index (χ4n) is 3.67. The molecule has 0 unspecified atom stereocenters. The van der Waals surface area contributed by atoms with Gasteiger partial charge in [0.15, 0.2) is 0 Å². The van der Waals surface area contributed by atoms with Crippen molar-refractivity contribution >= 4 is 44.1 Å². The molecule has 2 heterocycles. The number of rotatable bonds is 5. The zero-order chi connectivity index (χ0) is 21.3. The first kappa shape index (κ1) is 20.7. The lowest BCUT2D eigenvalue weighted by molar-refractivity contribution is 0.0954. The third-order valence-corrected chi connectivity index (χ3v) is 7.41. The smallest absolute Gasteiger partial charge is 0.251 e. The summed E-state index contributed by atoms with van der Waals surface area (Å²) in [6, 6.07) is 9.16. The second kappa shape index (κ2) is 8.28. The van der Waals surface area contributed by atoms with Crippen molar-refractivity contribution in [1.82, 2.24) is 10.3 Å². The van der Waals surface area contributed by atoms with Gasteiger partial charge in [0.1, 0.15) is 5.82 Å². The van der Waals surface area contributed by atoms with Gasteiger partial charge in [0.05, 0.1) is 16.5 Å². The molecule has 1 saturated heterocycles. The normalized spacial score (nSPS) is 16.0. The third-order valence-electron chi connectivity index (χ3n) is 5.24. The highest BCUT2D eigenvalue weighted by Crippen LogP contribution is 2.31. The predicted octanol–water partition coefficient (Wildman–Crippen LogP) is 3.86. The van der Waals surface area contributed by atoms with Gasteiger partial charge in [0.25, 0.3) is 5.91 Å². The van der Waals surface area contributed by atoms with Gasteiger partial charge in [-0.25, -0.2) is 12.8 Å². The number of sulfonamides is 1. The van der Waals surface area contributed by atoms with Gasteiger partial charge in [0, 0.05) is 35.8 Å². The molecule has 1 amide bonds. The maximum atomic E-state index is 13.5. The zero-order valence-electron chi connectivity index (χ0n) is 16.1. The number of nitrogens with one attached hydrogen (secondary N) is 2. The van der Waals surface area contributed by atoms with Crippen LogP contribution < -0.4 is 9.62 Å². The molecule has 6 nitrogen and oxygen atoms in total. The number of hydrogen-bond acceptors (Lipinski definition) is 3. The van der Waals surface area contributed by atoms with Gasteiger partial charge in [-0.15, -0.1) is 0 Å². The van der Waals surface area contributed by atoms with Gasteiger partial charge < -0.3 is 10.3 Å². The number of amides is 1. The maximum Gasteiger partial charge on any atom is 0.251 e. The lowest BCUT2D eigenvalue weighted by Crippen LogP contribution is -2.38. The van der Waals surface area contributed by atoms with E-state index in [0.29, 0.717) is 37.2 Å². The standard InChI is InChI=1S/C21H21ClFN3O3S/c22-18-5-3-14(11-20(18)26-9-1-2-10-30(26,28)29)21(27)24-8-7-15-13-25-19-6-4-16(23)12-17(15)19/h3-6,11-13,25H,1-2,7-10H2,(H,24,27). The van der Waals surface area contributed by atoms with Crippen LogP contribution in [0.2, 0.25) is 5.02 Å². The second-order valence-electron chi connectivity index (χ2n) is 7.27. The highest BCUT2D eigenvalue weighted by atomic mass is 35.5.